The van der Waals surface area contributed by atoms with E-state index in [1.165, 1.54) is 12.8 Å². The topological polar surface area (TPSA) is 24.5 Å². The second-order valence-electron chi connectivity index (χ2n) is 5.64. The van der Waals surface area contributed by atoms with Crippen molar-refractivity contribution in [2.75, 3.05) is 39.1 Å². The Kier molecular flexibility index (Phi) is 7.34. The number of anilines is 1. The van der Waals surface area contributed by atoms with Crippen LogP contribution in [-0.4, -0.2) is 38.7 Å². The van der Waals surface area contributed by atoms with E-state index in [9.17, 15) is 0 Å². The van der Waals surface area contributed by atoms with Crippen LogP contribution in [0.4, 0.5) is 5.69 Å². The SMILES string of the molecule is CC(C)COc1ccccc1NCCCCN(C)C. The molecule has 108 valence electrons. The molecule has 0 aromatic heterocycles. The molecule has 0 saturated carbocycles. The van der Waals surface area contributed by atoms with E-state index in [1.54, 1.807) is 0 Å². The molecule has 19 heavy (non-hydrogen) atoms. The molecule has 0 aliphatic rings. The molecule has 0 aliphatic heterocycles. The van der Waals surface area contributed by atoms with Crippen LogP contribution in [0.1, 0.15) is 26.7 Å². The highest BCUT2D eigenvalue weighted by Gasteiger charge is 2.03. The van der Waals surface area contributed by atoms with Crippen LogP contribution in [0.3, 0.4) is 0 Å². The normalized spacial score (nSPS) is 11.1. The van der Waals surface area contributed by atoms with Gasteiger partial charge < -0.3 is 15.0 Å². The Morgan fingerprint density at radius 2 is 1.89 bits per heavy atom. The maximum atomic E-state index is 5.82. The Balaban J connectivity index is 2.35. The summed E-state index contributed by atoms with van der Waals surface area (Å²) in [6.07, 6.45) is 2.39. The van der Waals surface area contributed by atoms with Gasteiger partial charge in [0.25, 0.3) is 0 Å². The molecule has 0 fully saturated rings. The smallest absolute Gasteiger partial charge is 0.142 e. The van der Waals surface area contributed by atoms with E-state index >= 15 is 0 Å². The summed E-state index contributed by atoms with van der Waals surface area (Å²) in [5.74, 6) is 1.51. The average Bonchev–Trinajstić information content (AvgIpc) is 2.36. The van der Waals surface area contributed by atoms with Gasteiger partial charge in [0.2, 0.25) is 0 Å². The standard InChI is InChI=1S/C16H28N2O/c1-14(2)13-19-16-10-6-5-9-15(16)17-11-7-8-12-18(3)4/h5-6,9-10,14,17H,7-8,11-13H2,1-4H3. The Labute approximate surface area is 118 Å². The molecule has 0 radical (unpaired) electrons. The molecule has 1 N–H and O–H groups in total. The fourth-order valence-electron chi connectivity index (χ4n) is 1.77. The lowest BCUT2D eigenvalue weighted by Gasteiger charge is -2.15. The van der Waals surface area contributed by atoms with Gasteiger partial charge in [0.05, 0.1) is 12.3 Å². The summed E-state index contributed by atoms with van der Waals surface area (Å²) in [7, 11) is 4.23. The zero-order valence-electron chi connectivity index (χ0n) is 12.8. The van der Waals surface area contributed by atoms with Gasteiger partial charge in [0.15, 0.2) is 0 Å². The minimum absolute atomic E-state index is 0.549. The van der Waals surface area contributed by atoms with E-state index in [4.69, 9.17) is 4.74 Å². The summed E-state index contributed by atoms with van der Waals surface area (Å²) in [6, 6.07) is 8.18. The first kappa shape index (κ1) is 15.8. The molecule has 0 spiro atoms. The molecule has 0 atom stereocenters. The maximum Gasteiger partial charge on any atom is 0.142 e. The van der Waals surface area contributed by atoms with Crippen LogP contribution < -0.4 is 10.1 Å². The zero-order valence-corrected chi connectivity index (χ0v) is 12.8. The van der Waals surface area contributed by atoms with Crippen LogP contribution >= 0.6 is 0 Å². The minimum Gasteiger partial charge on any atom is -0.491 e. The molecule has 1 aromatic rings. The van der Waals surface area contributed by atoms with Crippen LogP contribution in [0.2, 0.25) is 0 Å². The van der Waals surface area contributed by atoms with Crippen molar-refractivity contribution in [1.29, 1.82) is 0 Å². The summed E-state index contributed by atoms with van der Waals surface area (Å²) in [4.78, 5) is 2.22. The van der Waals surface area contributed by atoms with E-state index in [-0.39, 0.29) is 0 Å². The van der Waals surface area contributed by atoms with Gasteiger partial charge in [-0.3, -0.25) is 0 Å². The first-order valence-corrected chi connectivity index (χ1v) is 7.20. The zero-order chi connectivity index (χ0) is 14.1. The van der Waals surface area contributed by atoms with E-state index in [2.05, 4.69) is 44.2 Å². The Hall–Kier alpha value is -1.22. The number of hydrogen-bond donors (Lipinski definition) is 1. The molecule has 0 saturated heterocycles. The second kappa shape index (κ2) is 8.81. The molecule has 1 rings (SSSR count). The van der Waals surface area contributed by atoms with Gasteiger partial charge in [-0.25, -0.2) is 0 Å². The van der Waals surface area contributed by atoms with Gasteiger partial charge in [0, 0.05) is 6.54 Å². The first-order valence-electron chi connectivity index (χ1n) is 7.20. The molecular weight excluding hydrogens is 236 g/mol. The van der Waals surface area contributed by atoms with Crippen LogP contribution in [0.5, 0.6) is 5.75 Å². The quantitative estimate of drug-likeness (QED) is 0.691. The van der Waals surface area contributed by atoms with Crippen molar-refractivity contribution in [1.82, 2.24) is 4.90 Å². The molecule has 0 heterocycles. The third kappa shape index (κ3) is 7.06. The number of unbranched alkanes of at least 4 members (excludes halogenated alkanes) is 1. The molecule has 3 nitrogen and oxygen atoms in total. The lowest BCUT2D eigenvalue weighted by atomic mass is 10.2. The van der Waals surface area contributed by atoms with Crippen molar-refractivity contribution >= 4 is 5.69 Å². The third-order valence-electron chi connectivity index (χ3n) is 2.81. The van der Waals surface area contributed by atoms with Crippen molar-refractivity contribution < 1.29 is 4.74 Å². The van der Waals surface area contributed by atoms with Gasteiger partial charge >= 0.3 is 0 Å². The molecule has 1 aromatic carbocycles. The second-order valence-corrected chi connectivity index (χ2v) is 5.64. The number of nitrogens with zero attached hydrogens (tertiary/aromatic N) is 1. The number of hydrogen-bond acceptors (Lipinski definition) is 3. The van der Waals surface area contributed by atoms with E-state index in [1.807, 2.05) is 18.2 Å². The summed E-state index contributed by atoms with van der Waals surface area (Å²) >= 11 is 0. The summed E-state index contributed by atoms with van der Waals surface area (Å²) in [5.41, 5.74) is 1.10. The van der Waals surface area contributed by atoms with Crippen LogP contribution in [0, 0.1) is 5.92 Å². The predicted molar refractivity (Wildman–Crippen MR) is 83.1 cm³/mol. The van der Waals surface area contributed by atoms with Crippen molar-refractivity contribution in [2.45, 2.75) is 26.7 Å². The van der Waals surface area contributed by atoms with Crippen molar-refractivity contribution in [3.63, 3.8) is 0 Å². The number of benzene rings is 1. The highest BCUT2D eigenvalue weighted by Crippen LogP contribution is 2.24. The van der Waals surface area contributed by atoms with E-state index < -0.39 is 0 Å². The van der Waals surface area contributed by atoms with Gasteiger partial charge in [-0.15, -0.1) is 0 Å². The fourth-order valence-corrected chi connectivity index (χ4v) is 1.77. The first-order chi connectivity index (χ1) is 9.09. The monoisotopic (exact) mass is 264 g/mol. The Bertz CT molecular complexity index is 350. The average molecular weight is 264 g/mol. The van der Waals surface area contributed by atoms with Crippen molar-refractivity contribution in [3.05, 3.63) is 24.3 Å². The summed E-state index contributed by atoms with van der Waals surface area (Å²) in [6.45, 7) is 7.23. The van der Waals surface area contributed by atoms with Gasteiger partial charge in [0.1, 0.15) is 5.75 Å². The molecular formula is C16H28N2O. The molecule has 0 unspecified atom stereocenters. The largest absolute Gasteiger partial charge is 0.491 e. The maximum absolute atomic E-state index is 5.82. The van der Waals surface area contributed by atoms with Crippen molar-refractivity contribution in [2.24, 2.45) is 5.92 Å². The summed E-state index contributed by atoms with van der Waals surface area (Å²) < 4.78 is 5.82. The Morgan fingerprint density at radius 1 is 1.16 bits per heavy atom. The minimum atomic E-state index is 0.549. The van der Waals surface area contributed by atoms with Crippen LogP contribution in [0.25, 0.3) is 0 Å². The number of nitrogens with one attached hydrogen (secondary N) is 1. The van der Waals surface area contributed by atoms with Gasteiger partial charge in [-0.2, -0.15) is 0 Å². The van der Waals surface area contributed by atoms with Gasteiger partial charge in [-0.05, 0) is 51.5 Å². The third-order valence-corrected chi connectivity index (χ3v) is 2.81. The lowest BCUT2D eigenvalue weighted by Crippen LogP contribution is -2.14. The molecule has 0 amide bonds. The van der Waals surface area contributed by atoms with E-state index in [0.717, 1.165) is 31.1 Å². The number of ether oxygens (including phenoxy) is 1. The number of para-hydroxylation sites is 2. The van der Waals surface area contributed by atoms with Crippen LogP contribution in [0.15, 0.2) is 24.3 Å². The molecule has 3 heteroatoms. The Morgan fingerprint density at radius 3 is 2.58 bits per heavy atom. The molecule has 0 bridgehead atoms. The van der Waals surface area contributed by atoms with Gasteiger partial charge in [-0.1, -0.05) is 26.0 Å². The lowest BCUT2D eigenvalue weighted by molar-refractivity contribution is 0.272. The molecule has 0 aliphatic carbocycles. The van der Waals surface area contributed by atoms with Crippen LogP contribution in [-0.2, 0) is 0 Å². The summed E-state index contributed by atoms with van der Waals surface area (Å²) in [5, 5.41) is 3.47. The predicted octanol–water partition coefficient (Wildman–Crippen LogP) is 3.48. The van der Waals surface area contributed by atoms with Crippen molar-refractivity contribution in [3.8, 4) is 5.75 Å². The number of rotatable bonds is 9. The fraction of sp³-hybridized carbons (Fsp3) is 0.625. The highest BCUT2D eigenvalue weighted by molar-refractivity contribution is 5.56. The van der Waals surface area contributed by atoms with E-state index in [0.29, 0.717) is 5.92 Å². The highest BCUT2D eigenvalue weighted by atomic mass is 16.5.